The summed E-state index contributed by atoms with van der Waals surface area (Å²) < 4.78 is 5.89. The minimum atomic E-state index is -0.0292. The summed E-state index contributed by atoms with van der Waals surface area (Å²) in [7, 11) is 0. The molecule has 2 aliphatic rings. The average molecular weight is 288 g/mol. The topological polar surface area (TPSA) is 41.6 Å². The summed E-state index contributed by atoms with van der Waals surface area (Å²) in [6.07, 6.45) is 3.62. The number of benzene rings is 1. The number of Topliss-reactive ketones (excluding diaryl/α,β-unsaturated/α-hetero) is 1. The van der Waals surface area contributed by atoms with Crippen molar-refractivity contribution in [1.29, 1.82) is 0 Å². The number of anilines is 1. The van der Waals surface area contributed by atoms with Crippen LogP contribution in [-0.2, 0) is 0 Å². The normalized spacial score (nSPS) is 23.0. The molecule has 21 heavy (non-hydrogen) atoms. The van der Waals surface area contributed by atoms with Gasteiger partial charge in [0.2, 0.25) is 0 Å². The van der Waals surface area contributed by atoms with Crippen molar-refractivity contribution in [1.82, 2.24) is 4.90 Å². The maximum Gasteiger partial charge on any atom is 0.179 e. The second-order valence-electron chi connectivity index (χ2n) is 6.02. The Balaban J connectivity index is 1.75. The van der Waals surface area contributed by atoms with Gasteiger partial charge in [0.05, 0.1) is 18.3 Å². The molecule has 2 aliphatic heterocycles. The lowest BCUT2D eigenvalue weighted by Gasteiger charge is -2.27. The molecule has 0 aromatic heterocycles. The highest BCUT2D eigenvalue weighted by Crippen LogP contribution is 2.31. The van der Waals surface area contributed by atoms with Gasteiger partial charge in [-0.15, -0.1) is 0 Å². The van der Waals surface area contributed by atoms with Crippen molar-refractivity contribution >= 4 is 11.5 Å². The fourth-order valence-electron chi connectivity index (χ4n) is 3.13. The predicted octanol–water partition coefficient (Wildman–Crippen LogP) is 2.94. The van der Waals surface area contributed by atoms with Gasteiger partial charge in [-0.1, -0.05) is 6.92 Å². The molecule has 1 saturated heterocycles. The zero-order chi connectivity index (χ0) is 14.8. The Bertz CT molecular complexity index is 524. The molecule has 1 aromatic carbocycles. The molecule has 4 heteroatoms. The van der Waals surface area contributed by atoms with Crippen LogP contribution in [-0.4, -0.2) is 42.5 Å². The summed E-state index contributed by atoms with van der Waals surface area (Å²) in [4.78, 5) is 14.9. The molecule has 2 heterocycles. The smallest absolute Gasteiger partial charge is 0.179 e. The van der Waals surface area contributed by atoms with E-state index >= 15 is 0 Å². The molecule has 2 unspecified atom stereocenters. The monoisotopic (exact) mass is 288 g/mol. The number of rotatable bonds is 4. The SMILES string of the molecule is CCC1CNc2cc(C(=O)C(C)N3CCCC3)ccc2O1. The largest absolute Gasteiger partial charge is 0.486 e. The maximum absolute atomic E-state index is 12.6. The third-order valence-electron chi connectivity index (χ3n) is 4.60. The highest BCUT2D eigenvalue weighted by Gasteiger charge is 2.26. The zero-order valence-corrected chi connectivity index (χ0v) is 12.9. The highest BCUT2D eigenvalue weighted by molar-refractivity contribution is 6.01. The summed E-state index contributed by atoms with van der Waals surface area (Å²) in [6, 6.07) is 5.73. The lowest BCUT2D eigenvalue weighted by molar-refractivity contribution is 0.0867. The first-order valence-electron chi connectivity index (χ1n) is 8.02. The maximum atomic E-state index is 12.6. The van der Waals surface area contributed by atoms with Gasteiger partial charge in [0.1, 0.15) is 11.9 Å². The molecule has 114 valence electrons. The quantitative estimate of drug-likeness (QED) is 0.865. The van der Waals surface area contributed by atoms with Gasteiger partial charge < -0.3 is 10.1 Å². The van der Waals surface area contributed by atoms with Gasteiger partial charge in [-0.2, -0.15) is 0 Å². The molecule has 0 amide bonds. The van der Waals surface area contributed by atoms with E-state index in [2.05, 4.69) is 17.1 Å². The van der Waals surface area contributed by atoms with Gasteiger partial charge in [0.15, 0.2) is 5.78 Å². The van der Waals surface area contributed by atoms with Gasteiger partial charge in [0, 0.05) is 5.56 Å². The van der Waals surface area contributed by atoms with Gasteiger partial charge in [-0.25, -0.2) is 0 Å². The van der Waals surface area contributed by atoms with E-state index in [1.165, 1.54) is 12.8 Å². The summed E-state index contributed by atoms with van der Waals surface area (Å²) in [5.41, 5.74) is 1.72. The molecule has 1 aromatic rings. The summed E-state index contributed by atoms with van der Waals surface area (Å²) in [5.74, 6) is 1.07. The van der Waals surface area contributed by atoms with E-state index in [9.17, 15) is 4.79 Å². The van der Waals surface area contributed by atoms with E-state index in [1.807, 2.05) is 25.1 Å². The molecule has 0 radical (unpaired) electrons. The number of likely N-dealkylation sites (tertiary alicyclic amines) is 1. The number of fused-ring (bicyclic) bond motifs is 1. The van der Waals surface area contributed by atoms with Crippen molar-refractivity contribution in [2.24, 2.45) is 0 Å². The van der Waals surface area contributed by atoms with Crippen molar-refractivity contribution in [3.63, 3.8) is 0 Å². The van der Waals surface area contributed by atoms with E-state index in [-0.39, 0.29) is 17.9 Å². The summed E-state index contributed by atoms with van der Waals surface area (Å²) in [6.45, 7) is 7.02. The Labute approximate surface area is 126 Å². The highest BCUT2D eigenvalue weighted by atomic mass is 16.5. The number of carbonyl (C=O) groups excluding carboxylic acids is 1. The third kappa shape index (κ3) is 2.91. The van der Waals surface area contributed by atoms with Crippen LogP contribution in [0.2, 0.25) is 0 Å². The molecule has 2 atom stereocenters. The van der Waals surface area contributed by atoms with Gasteiger partial charge in [-0.05, 0) is 57.5 Å². The minimum absolute atomic E-state index is 0.0292. The fourth-order valence-corrected chi connectivity index (χ4v) is 3.13. The molecule has 0 bridgehead atoms. The number of hydrogen-bond donors (Lipinski definition) is 1. The first kappa shape index (κ1) is 14.4. The van der Waals surface area contributed by atoms with Gasteiger partial charge in [0.25, 0.3) is 0 Å². The molecule has 1 N–H and O–H groups in total. The van der Waals surface area contributed by atoms with Crippen LogP contribution >= 0.6 is 0 Å². The van der Waals surface area contributed by atoms with Crippen molar-refractivity contribution in [3.05, 3.63) is 23.8 Å². The molecule has 0 aliphatic carbocycles. The van der Waals surface area contributed by atoms with Gasteiger partial charge >= 0.3 is 0 Å². The lowest BCUT2D eigenvalue weighted by Crippen LogP contribution is -2.37. The summed E-state index contributed by atoms with van der Waals surface area (Å²) in [5, 5.41) is 3.38. The van der Waals surface area contributed by atoms with E-state index < -0.39 is 0 Å². The standard InChI is InChI=1S/C17H24N2O2/c1-3-14-11-18-15-10-13(6-7-16(15)21-14)17(20)12(2)19-8-4-5-9-19/h6-7,10,12,14,18H,3-5,8-9,11H2,1-2H3. The molecular weight excluding hydrogens is 264 g/mol. The molecular formula is C17H24N2O2. The average Bonchev–Trinajstić information content (AvgIpc) is 3.06. The van der Waals surface area contributed by atoms with Crippen LogP contribution < -0.4 is 10.1 Å². The molecule has 0 spiro atoms. The second kappa shape index (κ2) is 6.06. The lowest BCUT2D eigenvalue weighted by atomic mass is 10.0. The van der Waals surface area contributed by atoms with Crippen molar-refractivity contribution < 1.29 is 9.53 Å². The molecule has 0 saturated carbocycles. The first-order chi connectivity index (χ1) is 10.2. The number of nitrogens with one attached hydrogen (secondary N) is 1. The van der Waals surface area contributed by atoms with Crippen molar-refractivity contribution in [2.45, 2.75) is 45.3 Å². The van der Waals surface area contributed by atoms with E-state index in [0.717, 1.165) is 43.1 Å². The van der Waals surface area contributed by atoms with Crippen LogP contribution in [0.3, 0.4) is 0 Å². The Morgan fingerprint density at radius 3 is 2.90 bits per heavy atom. The van der Waals surface area contributed by atoms with Gasteiger partial charge in [-0.3, -0.25) is 9.69 Å². The fraction of sp³-hybridized carbons (Fsp3) is 0.588. The predicted molar refractivity (Wildman–Crippen MR) is 84.2 cm³/mol. The second-order valence-corrected chi connectivity index (χ2v) is 6.02. The number of ether oxygens (including phenoxy) is 1. The van der Waals surface area contributed by atoms with Crippen LogP contribution in [0.5, 0.6) is 5.75 Å². The number of nitrogens with zero attached hydrogens (tertiary/aromatic N) is 1. The Hall–Kier alpha value is -1.55. The van der Waals surface area contributed by atoms with Crippen LogP contribution in [0.1, 0.15) is 43.5 Å². The molecule has 3 rings (SSSR count). The first-order valence-corrected chi connectivity index (χ1v) is 8.02. The van der Waals surface area contributed by atoms with Crippen LogP contribution in [0.15, 0.2) is 18.2 Å². The van der Waals surface area contributed by atoms with E-state index in [4.69, 9.17) is 4.74 Å². The van der Waals surface area contributed by atoms with Crippen molar-refractivity contribution in [2.75, 3.05) is 25.0 Å². The Morgan fingerprint density at radius 1 is 1.43 bits per heavy atom. The van der Waals surface area contributed by atoms with E-state index in [1.54, 1.807) is 0 Å². The van der Waals surface area contributed by atoms with Crippen LogP contribution in [0.25, 0.3) is 0 Å². The minimum Gasteiger partial charge on any atom is -0.486 e. The number of ketones is 1. The van der Waals surface area contributed by atoms with E-state index in [0.29, 0.717) is 0 Å². The summed E-state index contributed by atoms with van der Waals surface area (Å²) >= 11 is 0. The Kier molecular flexibility index (Phi) is 4.15. The molecule has 1 fully saturated rings. The third-order valence-corrected chi connectivity index (χ3v) is 4.60. The van der Waals surface area contributed by atoms with Crippen LogP contribution in [0.4, 0.5) is 5.69 Å². The van der Waals surface area contributed by atoms with Crippen molar-refractivity contribution in [3.8, 4) is 5.75 Å². The number of carbonyl (C=O) groups is 1. The Morgan fingerprint density at radius 2 is 2.19 bits per heavy atom. The van der Waals surface area contributed by atoms with Crippen LogP contribution in [0, 0.1) is 0 Å². The molecule has 4 nitrogen and oxygen atoms in total. The zero-order valence-electron chi connectivity index (χ0n) is 12.9. The number of hydrogen-bond acceptors (Lipinski definition) is 4.